The molecule has 7 nitrogen and oxygen atoms in total. The molecule has 3 aromatic carbocycles. The molecule has 0 radical (unpaired) electrons. The molecule has 1 saturated heterocycles. The minimum atomic E-state index is -0.588. The van der Waals surface area contributed by atoms with Crippen LogP contribution in [0.4, 0.5) is 5.69 Å². The van der Waals surface area contributed by atoms with Crippen LogP contribution < -0.4 is 24.8 Å². The first kappa shape index (κ1) is 23.3. The molecule has 9 heteroatoms. The number of hydrogen-bond acceptors (Lipinski definition) is 7. The zero-order valence-corrected chi connectivity index (χ0v) is 19.7. The summed E-state index contributed by atoms with van der Waals surface area (Å²) in [6.45, 7) is -0.260. The quantitative estimate of drug-likeness (QED) is 0.358. The van der Waals surface area contributed by atoms with Gasteiger partial charge in [-0.2, -0.15) is 0 Å². The Morgan fingerprint density at radius 3 is 2.41 bits per heavy atom. The Balaban J connectivity index is 1.50. The normalized spacial score (nSPS) is 14.4. The maximum atomic E-state index is 13.1. The summed E-state index contributed by atoms with van der Waals surface area (Å²) in [4.78, 5) is 26.0. The molecule has 4 rings (SSSR count). The fraction of sp³-hybridized carbons (Fsp3) is 0.0800. The van der Waals surface area contributed by atoms with E-state index in [2.05, 4.69) is 0 Å². The van der Waals surface area contributed by atoms with E-state index in [1.54, 1.807) is 48.5 Å². The predicted octanol–water partition coefficient (Wildman–Crippen LogP) is 4.76. The molecule has 1 fully saturated rings. The minimum Gasteiger partial charge on any atom is -0.493 e. The molecule has 0 bridgehead atoms. The summed E-state index contributed by atoms with van der Waals surface area (Å²) >= 11 is 6.68. The maximum Gasteiger partial charge on any atom is 0.270 e. The lowest BCUT2D eigenvalue weighted by molar-refractivity contribution is -0.120. The number of benzene rings is 3. The van der Waals surface area contributed by atoms with Crippen molar-refractivity contribution < 1.29 is 23.8 Å². The molecule has 0 spiro atoms. The SMILES string of the molecule is COc1cc(/C=C2\SC(=S)N(c3ccc(Oc4ccccc4)cc3)C2=O)ccc1OCC(N)=O. The third-order valence-corrected chi connectivity index (χ3v) is 6.03. The number of carbonyl (C=O) groups is 2. The van der Waals surface area contributed by atoms with Gasteiger partial charge in [0.25, 0.3) is 11.8 Å². The van der Waals surface area contributed by atoms with Crippen molar-refractivity contribution in [3.05, 3.63) is 83.3 Å². The fourth-order valence-electron chi connectivity index (χ4n) is 3.17. The van der Waals surface area contributed by atoms with Gasteiger partial charge in [-0.3, -0.25) is 14.5 Å². The first-order valence-electron chi connectivity index (χ1n) is 10.1. The van der Waals surface area contributed by atoms with Gasteiger partial charge in [0.15, 0.2) is 22.4 Å². The molecule has 2 N–H and O–H groups in total. The Bertz CT molecular complexity index is 1260. The molecule has 1 aliphatic heterocycles. The van der Waals surface area contributed by atoms with Crippen LogP contribution in [-0.4, -0.2) is 29.9 Å². The van der Waals surface area contributed by atoms with Crippen molar-refractivity contribution in [1.29, 1.82) is 0 Å². The van der Waals surface area contributed by atoms with Gasteiger partial charge in [0.2, 0.25) is 0 Å². The highest BCUT2D eigenvalue weighted by Gasteiger charge is 2.33. The van der Waals surface area contributed by atoms with Crippen molar-refractivity contribution in [2.75, 3.05) is 18.6 Å². The second-order valence-electron chi connectivity index (χ2n) is 7.09. The Kier molecular flexibility index (Phi) is 7.15. The van der Waals surface area contributed by atoms with E-state index in [-0.39, 0.29) is 12.5 Å². The lowest BCUT2D eigenvalue weighted by atomic mass is 10.2. The van der Waals surface area contributed by atoms with Crippen LogP contribution in [0.2, 0.25) is 0 Å². The Labute approximate surface area is 206 Å². The van der Waals surface area contributed by atoms with Gasteiger partial charge in [-0.15, -0.1) is 0 Å². The number of thioether (sulfide) groups is 1. The number of amides is 2. The lowest BCUT2D eigenvalue weighted by Crippen LogP contribution is -2.27. The number of nitrogens with two attached hydrogens (primary N) is 1. The number of methoxy groups -OCH3 is 1. The average Bonchev–Trinajstić information content (AvgIpc) is 3.11. The number of rotatable bonds is 8. The summed E-state index contributed by atoms with van der Waals surface area (Å²) < 4.78 is 16.9. The summed E-state index contributed by atoms with van der Waals surface area (Å²) in [6, 6.07) is 21.7. The van der Waals surface area contributed by atoms with E-state index in [9.17, 15) is 9.59 Å². The minimum absolute atomic E-state index is 0.222. The van der Waals surface area contributed by atoms with Crippen LogP contribution in [0.3, 0.4) is 0 Å². The van der Waals surface area contributed by atoms with Crippen LogP contribution in [0.15, 0.2) is 77.7 Å². The highest BCUT2D eigenvalue weighted by atomic mass is 32.2. The highest BCUT2D eigenvalue weighted by Crippen LogP contribution is 2.38. The van der Waals surface area contributed by atoms with Crippen LogP contribution in [0, 0.1) is 0 Å². The van der Waals surface area contributed by atoms with Gasteiger partial charge in [-0.25, -0.2) is 0 Å². The van der Waals surface area contributed by atoms with Crippen molar-refractivity contribution in [2.24, 2.45) is 5.73 Å². The third kappa shape index (κ3) is 5.38. The molecular weight excluding hydrogens is 472 g/mol. The van der Waals surface area contributed by atoms with E-state index in [1.165, 1.54) is 23.8 Å². The number of thiocarbonyl (C=S) groups is 1. The molecule has 2 amide bonds. The number of para-hydroxylation sites is 1. The topological polar surface area (TPSA) is 91.1 Å². The van der Waals surface area contributed by atoms with Gasteiger partial charge >= 0.3 is 0 Å². The second-order valence-corrected chi connectivity index (χ2v) is 8.77. The standard InChI is InChI=1S/C25H20N2O5S2/c1-30-21-13-16(7-12-20(21)31-15-23(26)28)14-22-24(29)27(25(33)34-22)17-8-10-19(11-9-17)32-18-5-3-2-4-6-18/h2-14H,15H2,1H3,(H2,26,28)/b22-14-. The van der Waals surface area contributed by atoms with E-state index in [4.69, 9.17) is 32.2 Å². The number of primary amides is 1. The van der Waals surface area contributed by atoms with E-state index in [0.29, 0.717) is 32.2 Å². The Hall–Kier alpha value is -3.82. The molecule has 3 aromatic rings. The second kappa shape index (κ2) is 10.4. The van der Waals surface area contributed by atoms with Gasteiger partial charge in [0.1, 0.15) is 11.5 Å². The van der Waals surface area contributed by atoms with Gasteiger partial charge in [0.05, 0.1) is 17.7 Å². The van der Waals surface area contributed by atoms with Crippen LogP contribution in [-0.2, 0) is 9.59 Å². The first-order chi connectivity index (χ1) is 16.4. The van der Waals surface area contributed by atoms with E-state index in [0.717, 1.165) is 11.3 Å². The molecule has 0 aromatic heterocycles. The van der Waals surface area contributed by atoms with Crippen LogP contribution >= 0.6 is 24.0 Å². The van der Waals surface area contributed by atoms with Crippen LogP contribution in [0.1, 0.15) is 5.56 Å². The fourth-order valence-corrected chi connectivity index (χ4v) is 4.47. The number of carbonyl (C=O) groups excluding carboxylic acids is 2. The number of ether oxygens (including phenoxy) is 3. The summed E-state index contributed by atoms with van der Waals surface area (Å²) in [7, 11) is 1.49. The smallest absolute Gasteiger partial charge is 0.270 e. The molecular formula is C25H20N2O5S2. The largest absolute Gasteiger partial charge is 0.493 e. The van der Waals surface area contributed by atoms with Crippen LogP contribution in [0.25, 0.3) is 6.08 Å². The summed E-state index contributed by atoms with van der Waals surface area (Å²) in [6.07, 6.45) is 1.73. The van der Waals surface area contributed by atoms with Crippen molar-refractivity contribution in [3.8, 4) is 23.0 Å². The van der Waals surface area contributed by atoms with E-state index < -0.39 is 5.91 Å². The average molecular weight is 493 g/mol. The van der Waals surface area contributed by atoms with Gasteiger partial charge in [0, 0.05) is 0 Å². The molecule has 1 heterocycles. The molecule has 34 heavy (non-hydrogen) atoms. The monoisotopic (exact) mass is 492 g/mol. The highest BCUT2D eigenvalue weighted by molar-refractivity contribution is 8.27. The number of hydrogen-bond donors (Lipinski definition) is 1. The number of anilines is 1. The summed E-state index contributed by atoms with van der Waals surface area (Å²) in [5.74, 6) is 1.37. The van der Waals surface area contributed by atoms with E-state index in [1.807, 2.05) is 30.3 Å². The Morgan fingerprint density at radius 1 is 1.03 bits per heavy atom. The lowest BCUT2D eigenvalue weighted by Gasteiger charge is -2.15. The van der Waals surface area contributed by atoms with Gasteiger partial charge < -0.3 is 19.9 Å². The predicted molar refractivity (Wildman–Crippen MR) is 136 cm³/mol. The van der Waals surface area contributed by atoms with Crippen LogP contribution in [0.5, 0.6) is 23.0 Å². The van der Waals surface area contributed by atoms with Crippen molar-refractivity contribution >= 4 is 51.9 Å². The maximum absolute atomic E-state index is 13.1. The molecule has 172 valence electrons. The summed E-state index contributed by atoms with van der Waals surface area (Å²) in [5.41, 5.74) is 6.49. The first-order valence-corrected chi connectivity index (χ1v) is 11.4. The van der Waals surface area contributed by atoms with Crippen molar-refractivity contribution in [2.45, 2.75) is 0 Å². The molecule has 0 unspecified atom stereocenters. The van der Waals surface area contributed by atoms with Crippen molar-refractivity contribution in [1.82, 2.24) is 0 Å². The third-order valence-electron chi connectivity index (χ3n) is 4.72. The Morgan fingerprint density at radius 2 is 1.74 bits per heavy atom. The number of nitrogens with zero attached hydrogens (tertiary/aromatic N) is 1. The zero-order chi connectivity index (χ0) is 24.1. The van der Waals surface area contributed by atoms with E-state index >= 15 is 0 Å². The molecule has 0 saturated carbocycles. The zero-order valence-electron chi connectivity index (χ0n) is 18.1. The molecule has 1 aliphatic rings. The summed E-state index contributed by atoms with van der Waals surface area (Å²) in [5, 5.41) is 0. The van der Waals surface area contributed by atoms with Gasteiger partial charge in [-0.1, -0.05) is 48.2 Å². The van der Waals surface area contributed by atoms with Gasteiger partial charge in [-0.05, 0) is 60.2 Å². The van der Waals surface area contributed by atoms with Crippen molar-refractivity contribution in [3.63, 3.8) is 0 Å². The molecule has 0 atom stereocenters. The molecule has 0 aliphatic carbocycles.